The summed E-state index contributed by atoms with van der Waals surface area (Å²) in [5.74, 6) is 0.748. The van der Waals surface area contributed by atoms with Gasteiger partial charge in [0.2, 0.25) is 0 Å². The highest BCUT2D eigenvalue weighted by atomic mass is 35.5. The first-order chi connectivity index (χ1) is 9.72. The molecule has 1 aromatic carbocycles. The van der Waals surface area contributed by atoms with E-state index in [0.29, 0.717) is 11.6 Å². The number of halogens is 1. The van der Waals surface area contributed by atoms with E-state index < -0.39 is 0 Å². The quantitative estimate of drug-likeness (QED) is 0.803. The Balaban J connectivity index is 1.95. The summed E-state index contributed by atoms with van der Waals surface area (Å²) in [6.07, 6.45) is 1.07. The van der Waals surface area contributed by atoms with Crippen LogP contribution in [0, 0.1) is 0 Å². The van der Waals surface area contributed by atoms with Crippen molar-refractivity contribution in [1.29, 1.82) is 0 Å². The third-order valence-electron chi connectivity index (χ3n) is 3.01. The van der Waals surface area contributed by atoms with Crippen molar-refractivity contribution in [3.63, 3.8) is 0 Å². The second-order valence-electron chi connectivity index (χ2n) is 4.56. The summed E-state index contributed by atoms with van der Waals surface area (Å²) in [6, 6.07) is 10.2. The fourth-order valence-corrected chi connectivity index (χ4v) is 3.01. The highest BCUT2D eigenvalue weighted by Gasteiger charge is 2.05. The van der Waals surface area contributed by atoms with Gasteiger partial charge < -0.3 is 10.1 Å². The van der Waals surface area contributed by atoms with Crippen LogP contribution in [-0.4, -0.2) is 6.54 Å². The zero-order chi connectivity index (χ0) is 14.4. The highest BCUT2D eigenvalue weighted by molar-refractivity contribution is 7.11. The lowest BCUT2D eigenvalue weighted by Crippen LogP contribution is -2.11. The van der Waals surface area contributed by atoms with E-state index in [0.717, 1.165) is 25.3 Å². The summed E-state index contributed by atoms with van der Waals surface area (Å²) in [7, 11) is 0. The summed E-state index contributed by atoms with van der Waals surface area (Å²) in [5.41, 5.74) is 1.17. The zero-order valence-corrected chi connectivity index (χ0v) is 13.5. The Labute approximate surface area is 129 Å². The molecule has 4 heteroatoms. The first kappa shape index (κ1) is 15.4. The minimum atomic E-state index is 0.580. The van der Waals surface area contributed by atoms with Crippen LogP contribution in [0.1, 0.15) is 29.2 Å². The number of aryl methyl sites for hydroxylation is 1. The minimum absolute atomic E-state index is 0.580. The molecular weight excluding hydrogens is 290 g/mol. The summed E-state index contributed by atoms with van der Waals surface area (Å²) in [5, 5.41) is 3.95. The van der Waals surface area contributed by atoms with E-state index in [9.17, 15) is 0 Å². The maximum absolute atomic E-state index is 6.26. The number of ether oxygens (including phenoxy) is 1. The van der Waals surface area contributed by atoms with Crippen molar-refractivity contribution in [2.24, 2.45) is 0 Å². The lowest BCUT2D eigenvalue weighted by Gasteiger charge is -2.09. The van der Waals surface area contributed by atoms with Crippen molar-refractivity contribution < 1.29 is 4.74 Å². The molecule has 2 rings (SSSR count). The molecule has 0 bridgehead atoms. The van der Waals surface area contributed by atoms with E-state index in [4.69, 9.17) is 16.3 Å². The average Bonchev–Trinajstić information content (AvgIpc) is 2.92. The molecule has 0 aliphatic carbocycles. The zero-order valence-electron chi connectivity index (χ0n) is 11.9. The first-order valence-corrected chi connectivity index (χ1v) is 8.12. The van der Waals surface area contributed by atoms with Gasteiger partial charge in [-0.25, -0.2) is 0 Å². The molecule has 0 aliphatic heterocycles. The van der Waals surface area contributed by atoms with Gasteiger partial charge in [0.15, 0.2) is 0 Å². The monoisotopic (exact) mass is 309 g/mol. The first-order valence-electron chi connectivity index (χ1n) is 6.92. The SMILES string of the molecule is CCNCc1ccc(OCc2ccc(CC)s2)c(Cl)c1. The number of hydrogen-bond donors (Lipinski definition) is 1. The molecule has 0 aliphatic rings. The molecule has 2 aromatic rings. The van der Waals surface area contributed by atoms with Crippen molar-refractivity contribution >= 4 is 22.9 Å². The number of nitrogens with one attached hydrogen (secondary N) is 1. The number of rotatable bonds is 7. The van der Waals surface area contributed by atoms with Crippen LogP contribution in [0.3, 0.4) is 0 Å². The van der Waals surface area contributed by atoms with Crippen molar-refractivity contribution in [1.82, 2.24) is 5.32 Å². The van der Waals surface area contributed by atoms with Crippen LogP contribution in [0.5, 0.6) is 5.75 Å². The molecule has 1 heterocycles. The molecular formula is C16H20ClNOS. The second kappa shape index (κ2) is 7.67. The van der Waals surface area contributed by atoms with Crippen molar-refractivity contribution in [2.75, 3.05) is 6.54 Å². The van der Waals surface area contributed by atoms with Gasteiger partial charge in [0.25, 0.3) is 0 Å². The molecule has 0 saturated heterocycles. The van der Waals surface area contributed by atoms with Gasteiger partial charge >= 0.3 is 0 Å². The molecule has 0 radical (unpaired) electrons. The van der Waals surface area contributed by atoms with Gasteiger partial charge in [-0.15, -0.1) is 11.3 Å². The van der Waals surface area contributed by atoms with Crippen LogP contribution in [0.2, 0.25) is 5.02 Å². The normalized spacial score (nSPS) is 10.8. The Bertz CT molecular complexity index is 553. The molecule has 108 valence electrons. The number of hydrogen-bond acceptors (Lipinski definition) is 3. The molecule has 0 saturated carbocycles. The molecule has 2 nitrogen and oxygen atoms in total. The molecule has 0 spiro atoms. The van der Waals surface area contributed by atoms with Crippen LogP contribution >= 0.6 is 22.9 Å². The Hall–Kier alpha value is -1.03. The fourth-order valence-electron chi connectivity index (χ4n) is 1.88. The second-order valence-corrected chi connectivity index (χ2v) is 6.22. The van der Waals surface area contributed by atoms with Crippen molar-refractivity contribution in [3.8, 4) is 5.75 Å². The maximum Gasteiger partial charge on any atom is 0.138 e. The van der Waals surface area contributed by atoms with Crippen LogP contribution in [-0.2, 0) is 19.6 Å². The molecule has 0 amide bonds. The van der Waals surface area contributed by atoms with Crippen molar-refractivity contribution in [3.05, 3.63) is 50.7 Å². The Morgan fingerprint density at radius 1 is 1.15 bits per heavy atom. The van der Waals surface area contributed by atoms with E-state index in [1.54, 1.807) is 11.3 Å². The number of benzene rings is 1. The van der Waals surface area contributed by atoms with Gasteiger partial charge in [-0.1, -0.05) is 31.5 Å². The van der Waals surface area contributed by atoms with Gasteiger partial charge in [-0.3, -0.25) is 0 Å². The summed E-state index contributed by atoms with van der Waals surface area (Å²) >= 11 is 8.05. The van der Waals surface area contributed by atoms with Crippen LogP contribution in [0.25, 0.3) is 0 Å². The van der Waals surface area contributed by atoms with E-state index in [-0.39, 0.29) is 0 Å². The Kier molecular flexibility index (Phi) is 5.89. The van der Waals surface area contributed by atoms with Gasteiger partial charge in [0.1, 0.15) is 12.4 Å². The van der Waals surface area contributed by atoms with Crippen LogP contribution in [0.15, 0.2) is 30.3 Å². The predicted molar refractivity (Wildman–Crippen MR) is 86.9 cm³/mol. The molecule has 0 fully saturated rings. The third-order valence-corrected chi connectivity index (χ3v) is 4.51. The van der Waals surface area contributed by atoms with E-state index >= 15 is 0 Å². The smallest absolute Gasteiger partial charge is 0.138 e. The average molecular weight is 310 g/mol. The standard InChI is InChI=1S/C16H20ClNOS/c1-3-13-6-7-14(20-13)11-19-16-8-5-12(9-15(16)17)10-18-4-2/h5-9,18H,3-4,10-11H2,1-2H3. The minimum Gasteiger partial charge on any atom is -0.487 e. The topological polar surface area (TPSA) is 21.3 Å². The van der Waals surface area contributed by atoms with Gasteiger partial charge in [0.05, 0.1) is 5.02 Å². The maximum atomic E-state index is 6.26. The lowest BCUT2D eigenvalue weighted by molar-refractivity contribution is 0.310. The Morgan fingerprint density at radius 3 is 2.60 bits per heavy atom. The molecule has 20 heavy (non-hydrogen) atoms. The lowest BCUT2D eigenvalue weighted by atomic mass is 10.2. The molecule has 0 atom stereocenters. The number of thiophene rings is 1. The van der Waals surface area contributed by atoms with E-state index in [2.05, 4.69) is 37.4 Å². The molecule has 1 aromatic heterocycles. The van der Waals surface area contributed by atoms with E-state index in [1.165, 1.54) is 15.3 Å². The fraction of sp³-hybridized carbons (Fsp3) is 0.375. The third kappa shape index (κ3) is 4.23. The van der Waals surface area contributed by atoms with Crippen LogP contribution in [0.4, 0.5) is 0 Å². The predicted octanol–water partition coefficient (Wildman–Crippen LogP) is 4.65. The van der Waals surface area contributed by atoms with Gasteiger partial charge in [0, 0.05) is 16.3 Å². The van der Waals surface area contributed by atoms with Crippen LogP contribution < -0.4 is 10.1 Å². The van der Waals surface area contributed by atoms with E-state index in [1.807, 2.05) is 12.1 Å². The summed E-state index contributed by atoms with van der Waals surface area (Å²) < 4.78 is 5.80. The molecule has 0 unspecified atom stereocenters. The summed E-state index contributed by atoms with van der Waals surface area (Å²) in [4.78, 5) is 2.62. The molecule has 1 N–H and O–H groups in total. The van der Waals surface area contributed by atoms with Gasteiger partial charge in [-0.05, 0) is 42.8 Å². The largest absolute Gasteiger partial charge is 0.487 e. The van der Waals surface area contributed by atoms with Crippen molar-refractivity contribution in [2.45, 2.75) is 33.4 Å². The summed E-state index contributed by atoms with van der Waals surface area (Å²) in [6.45, 7) is 6.62. The van der Waals surface area contributed by atoms with Gasteiger partial charge in [-0.2, -0.15) is 0 Å². The highest BCUT2D eigenvalue weighted by Crippen LogP contribution is 2.27. The Morgan fingerprint density at radius 2 is 1.95 bits per heavy atom.